The summed E-state index contributed by atoms with van der Waals surface area (Å²) < 4.78 is 45.9. The summed E-state index contributed by atoms with van der Waals surface area (Å²) in [7, 11) is -0.452. The van der Waals surface area contributed by atoms with Crippen molar-refractivity contribution in [1.82, 2.24) is 15.4 Å². The highest BCUT2D eigenvalue weighted by Crippen LogP contribution is 2.16. The number of nitrogens with zero attached hydrogens (tertiary/aromatic N) is 1. The van der Waals surface area contributed by atoms with Gasteiger partial charge in [0.25, 0.3) is 0 Å². The third-order valence-electron chi connectivity index (χ3n) is 4.54. The normalized spacial score (nSPS) is 13.2. The Morgan fingerprint density at radius 3 is 2.67 bits per heavy atom. The maximum atomic E-state index is 13.8. The average Bonchev–Trinajstić information content (AvgIpc) is 2.73. The SMILES string of the molecule is CN=C(NCc1cccc(S(=O)(=O)NCCOC)c1)NC(C)c1ccc(C)c(F)c1. The summed E-state index contributed by atoms with van der Waals surface area (Å²) in [4.78, 5) is 4.37. The van der Waals surface area contributed by atoms with Gasteiger partial charge < -0.3 is 15.4 Å². The van der Waals surface area contributed by atoms with Crippen molar-refractivity contribution in [2.24, 2.45) is 4.99 Å². The van der Waals surface area contributed by atoms with E-state index in [0.29, 0.717) is 24.7 Å². The Hall–Kier alpha value is -2.49. The van der Waals surface area contributed by atoms with Crippen molar-refractivity contribution in [3.8, 4) is 0 Å². The van der Waals surface area contributed by atoms with Crippen LogP contribution in [0.1, 0.15) is 29.7 Å². The van der Waals surface area contributed by atoms with Crippen molar-refractivity contribution in [3.05, 3.63) is 65.0 Å². The number of aliphatic imine (C=N–C) groups is 1. The molecule has 0 amide bonds. The quantitative estimate of drug-likeness (QED) is 0.319. The van der Waals surface area contributed by atoms with Crippen molar-refractivity contribution in [1.29, 1.82) is 0 Å². The van der Waals surface area contributed by atoms with E-state index < -0.39 is 10.0 Å². The van der Waals surface area contributed by atoms with Crippen LogP contribution in [0.3, 0.4) is 0 Å². The fourth-order valence-electron chi connectivity index (χ4n) is 2.73. The lowest BCUT2D eigenvalue weighted by atomic mass is 10.1. The summed E-state index contributed by atoms with van der Waals surface area (Å²) in [5.41, 5.74) is 2.18. The van der Waals surface area contributed by atoms with Gasteiger partial charge in [-0.3, -0.25) is 4.99 Å². The first-order valence-corrected chi connectivity index (χ1v) is 11.1. The molecule has 0 spiro atoms. The second-order valence-electron chi connectivity index (χ2n) is 6.84. The van der Waals surface area contributed by atoms with Gasteiger partial charge in [0.1, 0.15) is 5.82 Å². The lowest BCUT2D eigenvalue weighted by Crippen LogP contribution is -2.38. The molecule has 0 saturated carbocycles. The Labute approximate surface area is 177 Å². The Kier molecular flexibility index (Phi) is 8.76. The molecule has 9 heteroatoms. The van der Waals surface area contributed by atoms with Gasteiger partial charge in [0.2, 0.25) is 10.0 Å². The first-order chi connectivity index (χ1) is 14.3. The van der Waals surface area contributed by atoms with E-state index in [-0.39, 0.29) is 23.3 Å². The summed E-state index contributed by atoms with van der Waals surface area (Å²) in [5, 5.41) is 6.36. The van der Waals surface area contributed by atoms with Gasteiger partial charge in [0, 0.05) is 27.2 Å². The highest BCUT2D eigenvalue weighted by molar-refractivity contribution is 7.89. The molecular formula is C21H29FN4O3S. The maximum absolute atomic E-state index is 13.8. The van der Waals surface area contributed by atoms with E-state index >= 15 is 0 Å². The molecule has 3 N–H and O–H groups in total. The fraction of sp³-hybridized carbons (Fsp3) is 0.381. The molecule has 2 aromatic rings. The van der Waals surface area contributed by atoms with Gasteiger partial charge in [-0.05, 0) is 48.7 Å². The number of methoxy groups -OCH3 is 1. The number of guanidine groups is 1. The third kappa shape index (κ3) is 6.79. The molecule has 164 valence electrons. The summed E-state index contributed by atoms with van der Waals surface area (Å²) in [6, 6.07) is 11.6. The predicted molar refractivity (Wildman–Crippen MR) is 116 cm³/mol. The molecule has 0 heterocycles. The lowest BCUT2D eigenvalue weighted by Gasteiger charge is -2.19. The van der Waals surface area contributed by atoms with Crippen LogP contribution in [0.2, 0.25) is 0 Å². The van der Waals surface area contributed by atoms with E-state index in [2.05, 4.69) is 20.3 Å². The number of nitrogens with one attached hydrogen (secondary N) is 3. The molecule has 0 aliphatic carbocycles. The molecule has 0 fully saturated rings. The van der Waals surface area contributed by atoms with E-state index in [4.69, 9.17) is 4.74 Å². The second-order valence-corrected chi connectivity index (χ2v) is 8.61. The molecule has 0 aliphatic heterocycles. The zero-order chi connectivity index (χ0) is 22.1. The van der Waals surface area contributed by atoms with Gasteiger partial charge in [-0.2, -0.15) is 0 Å². The molecule has 30 heavy (non-hydrogen) atoms. The number of hydrogen-bond donors (Lipinski definition) is 3. The molecule has 0 radical (unpaired) electrons. The minimum absolute atomic E-state index is 0.164. The maximum Gasteiger partial charge on any atom is 0.240 e. The molecule has 1 atom stereocenters. The second kappa shape index (κ2) is 11.1. The summed E-state index contributed by atoms with van der Waals surface area (Å²) in [5.74, 6) is 0.274. The number of benzene rings is 2. The van der Waals surface area contributed by atoms with Crippen molar-refractivity contribution >= 4 is 16.0 Å². The van der Waals surface area contributed by atoms with Crippen LogP contribution in [0, 0.1) is 12.7 Å². The molecule has 7 nitrogen and oxygen atoms in total. The smallest absolute Gasteiger partial charge is 0.240 e. The zero-order valence-electron chi connectivity index (χ0n) is 17.7. The summed E-state index contributed by atoms with van der Waals surface area (Å²) in [6.45, 7) is 4.51. The van der Waals surface area contributed by atoms with Crippen molar-refractivity contribution in [2.45, 2.75) is 31.3 Å². The molecule has 0 saturated heterocycles. The number of hydrogen-bond acceptors (Lipinski definition) is 4. The van der Waals surface area contributed by atoms with Gasteiger partial charge in [-0.25, -0.2) is 17.5 Å². The Balaban J connectivity index is 2.00. The number of sulfonamides is 1. The summed E-state index contributed by atoms with van der Waals surface area (Å²) in [6.07, 6.45) is 0. The van der Waals surface area contributed by atoms with Gasteiger partial charge in [0.05, 0.1) is 17.5 Å². The fourth-order valence-corrected chi connectivity index (χ4v) is 3.81. The monoisotopic (exact) mass is 436 g/mol. The number of ether oxygens (including phenoxy) is 1. The summed E-state index contributed by atoms with van der Waals surface area (Å²) >= 11 is 0. The minimum Gasteiger partial charge on any atom is -0.383 e. The minimum atomic E-state index is -3.60. The largest absolute Gasteiger partial charge is 0.383 e. The molecule has 2 aromatic carbocycles. The van der Waals surface area contributed by atoms with Gasteiger partial charge >= 0.3 is 0 Å². The van der Waals surface area contributed by atoms with Gasteiger partial charge in [-0.1, -0.05) is 24.3 Å². The van der Waals surface area contributed by atoms with Crippen LogP contribution >= 0.6 is 0 Å². The van der Waals surface area contributed by atoms with E-state index in [1.165, 1.54) is 13.2 Å². The van der Waals surface area contributed by atoms with E-state index in [1.807, 2.05) is 19.1 Å². The zero-order valence-corrected chi connectivity index (χ0v) is 18.5. The Morgan fingerprint density at radius 2 is 2.00 bits per heavy atom. The first kappa shape index (κ1) is 23.8. The van der Waals surface area contributed by atoms with Crippen LogP contribution in [0.5, 0.6) is 0 Å². The molecular weight excluding hydrogens is 407 g/mol. The van der Waals surface area contributed by atoms with Gasteiger partial charge in [-0.15, -0.1) is 0 Å². The average molecular weight is 437 g/mol. The highest BCUT2D eigenvalue weighted by atomic mass is 32.2. The van der Waals surface area contributed by atoms with Crippen molar-refractivity contribution in [3.63, 3.8) is 0 Å². The lowest BCUT2D eigenvalue weighted by molar-refractivity contribution is 0.204. The van der Waals surface area contributed by atoms with Crippen LogP contribution in [0.25, 0.3) is 0 Å². The molecule has 1 unspecified atom stereocenters. The predicted octanol–water partition coefficient (Wildman–Crippen LogP) is 2.49. The Bertz CT molecular complexity index is 980. The first-order valence-electron chi connectivity index (χ1n) is 9.57. The highest BCUT2D eigenvalue weighted by Gasteiger charge is 2.14. The molecule has 0 aromatic heterocycles. The molecule has 0 bridgehead atoms. The number of halogens is 1. The third-order valence-corrected chi connectivity index (χ3v) is 6.00. The van der Waals surface area contributed by atoms with Crippen LogP contribution in [-0.4, -0.2) is 41.7 Å². The topological polar surface area (TPSA) is 91.8 Å². The van der Waals surface area contributed by atoms with Crippen molar-refractivity contribution < 1.29 is 17.5 Å². The van der Waals surface area contributed by atoms with Crippen LogP contribution < -0.4 is 15.4 Å². The van der Waals surface area contributed by atoms with E-state index in [1.54, 1.807) is 38.2 Å². The van der Waals surface area contributed by atoms with Crippen LogP contribution in [0.15, 0.2) is 52.4 Å². The Morgan fingerprint density at radius 1 is 1.23 bits per heavy atom. The van der Waals surface area contributed by atoms with Crippen molar-refractivity contribution in [2.75, 3.05) is 27.3 Å². The molecule has 2 rings (SSSR count). The van der Waals surface area contributed by atoms with Crippen LogP contribution in [-0.2, 0) is 21.3 Å². The standard InChI is InChI=1S/C21H29FN4O3S/c1-15-8-9-18(13-20(15)22)16(2)26-21(23-3)24-14-17-6-5-7-19(12-17)30(27,28)25-10-11-29-4/h5-9,12-13,16,25H,10-11,14H2,1-4H3,(H2,23,24,26). The van der Waals surface area contributed by atoms with E-state index in [0.717, 1.165) is 11.1 Å². The van der Waals surface area contributed by atoms with Crippen LogP contribution in [0.4, 0.5) is 4.39 Å². The number of aryl methyl sites for hydroxylation is 1. The molecule has 0 aliphatic rings. The van der Waals surface area contributed by atoms with Gasteiger partial charge in [0.15, 0.2) is 5.96 Å². The number of rotatable bonds is 9. The van der Waals surface area contributed by atoms with E-state index in [9.17, 15) is 12.8 Å².